The van der Waals surface area contributed by atoms with Crippen molar-refractivity contribution >= 4 is 39.6 Å². The molecule has 2 saturated carbocycles. The summed E-state index contributed by atoms with van der Waals surface area (Å²) in [5, 5.41) is 10.9. The molecule has 5 aliphatic rings. The molecule has 0 spiro atoms. The summed E-state index contributed by atoms with van der Waals surface area (Å²) in [5.74, 6) is -2.18. The number of fused-ring (bicyclic) bond motifs is 3. The maximum Gasteiger partial charge on any atom is 0.315 e. The summed E-state index contributed by atoms with van der Waals surface area (Å²) in [6.45, 7) is 9.44. The van der Waals surface area contributed by atoms with Crippen molar-refractivity contribution in [3.8, 4) is 0 Å². The van der Waals surface area contributed by atoms with E-state index in [4.69, 9.17) is 0 Å². The van der Waals surface area contributed by atoms with Gasteiger partial charge in [0.15, 0.2) is 0 Å². The van der Waals surface area contributed by atoms with Crippen molar-refractivity contribution in [3.05, 3.63) is 0 Å². The number of nitrogens with zero attached hydrogens (tertiary/aromatic N) is 2. The molecule has 3 aliphatic heterocycles. The van der Waals surface area contributed by atoms with E-state index >= 15 is 0 Å². The first-order valence-electron chi connectivity index (χ1n) is 19.3. The molecule has 0 radical (unpaired) electrons. The quantitative estimate of drug-likeness (QED) is 0.279. The highest BCUT2D eigenvalue weighted by Crippen LogP contribution is 2.65. The second-order valence-electron chi connectivity index (χ2n) is 16.0. The van der Waals surface area contributed by atoms with Crippen LogP contribution in [0.2, 0.25) is 0 Å². The lowest BCUT2D eigenvalue weighted by Crippen LogP contribution is -2.64. The van der Waals surface area contributed by atoms with E-state index in [1.165, 1.54) is 4.31 Å². The van der Waals surface area contributed by atoms with Crippen LogP contribution in [0.4, 0.5) is 4.79 Å². The van der Waals surface area contributed by atoms with Gasteiger partial charge in [-0.1, -0.05) is 85.5 Å². The van der Waals surface area contributed by atoms with Gasteiger partial charge < -0.3 is 26.2 Å². The molecule has 14 heteroatoms. The Morgan fingerprint density at radius 1 is 0.900 bits per heavy atom. The number of hydrogen-bond donors (Lipinski definition) is 4. The van der Waals surface area contributed by atoms with E-state index in [2.05, 4.69) is 35.1 Å². The molecular formula is C36H60N6O7S. The largest absolute Gasteiger partial charge is 0.349 e. The molecule has 6 atom stereocenters. The minimum absolute atomic E-state index is 0.0946. The van der Waals surface area contributed by atoms with Gasteiger partial charge in [-0.25, -0.2) is 17.5 Å². The molecule has 0 unspecified atom stereocenters. The van der Waals surface area contributed by atoms with Gasteiger partial charge in [0, 0.05) is 26.2 Å². The number of urea groups is 1. The zero-order valence-corrected chi connectivity index (χ0v) is 31.4. The number of piperidine rings is 1. The Kier molecular flexibility index (Phi) is 12.2. The topological polar surface area (TPSA) is 174 Å². The van der Waals surface area contributed by atoms with Crippen LogP contribution in [0, 0.1) is 17.3 Å². The number of carbonyl (C=O) groups excluding carboxylic acids is 5. The predicted octanol–water partition coefficient (Wildman–Crippen LogP) is 2.98. The van der Waals surface area contributed by atoms with E-state index in [0.717, 1.165) is 44.9 Å². The summed E-state index contributed by atoms with van der Waals surface area (Å²) < 4.78 is 28.6. The second kappa shape index (κ2) is 15.9. The number of Topliss-reactive ketones (excluding diaryl/α,β-unsaturated/α-hetero) is 1. The first-order chi connectivity index (χ1) is 23.8. The molecule has 5 rings (SSSR count). The third kappa shape index (κ3) is 7.85. The fraction of sp³-hybridized carbons (Fsp3) is 0.861. The maximum absolute atomic E-state index is 14.4. The van der Waals surface area contributed by atoms with Crippen molar-refractivity contribution in [1.82, 2.24) is 30.5 Å². The predicted molar refractivity (Wildman–Crippen MR) is 189 cm³/mol. The molecule has 5 amide bonds. The van der Waals surface area contributed by atoms with E-state index in [0.29, 0.717) is 77.5 Å². The van der Waals surface area contributed by atoms with Crippen LogP contribution in [-0.2, 0) is 29.2 Å². The number of amides is 5. The molecule has 4 N–H and O–H groups in total. The number of carbonyl (C=O) groups is 5. The Bertz CT molecular complexity index is 1400. The van der Waals surface area contributed by atoms with Crippen LogP contribution >= 0.6 is 0 Å². The molecule has 3 heterocycles. The summed E-state index contributed by atoms with van der Waals surface area (Å²) >= 11 is 0. The number of hydrogen-bond acceptors (Lipinski definition) is 7. The molecule has 5 fully saturated rings. The van der Waals surface area contributed by atoms with Crippen LogP contribution in [-0.4, -0.2) is 102 Å². The molecule has 0 aromatic carbocycles. The Morgan fingerprint density at radius 3 is 2.18 bits per heavy atom. The van der Waals surface area contributed by atoms with Gasteiger partial charge in [-0.15, -0.1) is 0 Å². The summed E-state index contributed by atoms with van der Waals surface area (Å²) in [7, 11) is -3.59. The van der Waals surface area contributed by atoms with Gasteiger partial charge in [-0.2, -0.15) is 0 Å². The smallest absolute Gasteiger partial charge is 0.315 e. The minimum atomic E-state index is -3.59. The summed E-state index contributed by atoms with van der Waals surface area (Å²) in [4.78, 5) is 70.0. The van der Waals surface area contributed by atoms with E-state index < -0.39 is 62.6 Å². The van der Waals surface area contributed by atoms with Gasteiger partial charge >= 0.3 is 6.03 Å². The SMILES string of the molecule is CCCNC(=O)C(=O)[C@@H]1CCCCCCCC[C@H](NC(=O)NC2([C@@H]3CCN(CC)S3(=O)=O)CCCCC2)C(=O)N2C[C@H]3[C@@H]([C@H]2C(=O)N1)C3(C)C. The Hall–Kier alpha value is -2.74. The summed E-state index contributed by atoms with van der Waals surface area (Å²) in [5.41, 5.74) is -1.09. The van der Waals surface area contributed by atoms with Gasteiger partial charge in [-0.05, 0) is 55.8 Å². The van der Waals surface area contributed by atoms with E-state index in [1.807, 2.05) is 13.8 Å². The van der Waals surface area contributed by atoms with Crippen molar-refractivity contribution in [1.29, 1.82) is 0 Å². The van der Waals surface area contributed by atoms with Gasteiger partial charge in [0.05, 0.1) is 16.8 Å². The van der Waals surface area contributed by atoms with Gasteiger partial charge in [0.25, 0.3) is 5.91 Å². The van der Waals surface area contributed by atoms with Crippen LogP contribution < -0.4 is 21.3 Å². The number of nitrogens with one attached hydrogen (secondary N) is 4. The number of sulfonamides is 1. The monoisotopic (exact) mass is 720 g/mol. The number of rotatable bonds is 8. The molecule has 282 valence electrons. The minimum Gasteiger partial charge on any atom is -0.349 e. The van der Waals surface area contributed by atoms with Gasteiger partial charge in [-0.3, -0.25) is 19.2 Å². The molecule has 13 nitrogen and oxygen atoms in total. The zero-order valence-electron chi connectivity index (χ0n) is 30.6. The highest BCUT2D eigenvalue weighted by molar-refractivity contribution is 7.90. The van der Waals surface area contributed by atoms with Crippen LogP contribution in [0.15, 0.2) is 0 Å². The molecule has 3 saturated heterocycles. The van der Waals surface area contributed by atoms with Crippen LogP contribution in [0.25, 0.3) is 0 Å². The second-order valence-corrected chi connectivity index (χ2v) is 18.1. The average molecular weight is 721 g/mol. The Balaban J connectivity index is 1.37. The van der Waals surface area contributed by atoms with Crippen molar-refractivity contribution < 1.29 is 32.4 Å². The van der Waals surface area contributed by atoms with Crippen LogP contribution in [0.1, 0.15) is 124 Å². The summed E-state index contributed by atoms with van der Waals surface area (Å²) in [6.07, 6.45) is 10.5. The Labute approximate surface area is 298 Å². The first kappa shape index (κ1) is 38.5. The summed E-state index contributed by atoms with van der Waals surface area (Å²) in [6, 6.07) is -3.27. The normalized spacial score (nSPS) is 32.8. The maximum atomic E-state index is 14.4. The third-order valence-corrected chi connectivity index (χ3v) is 15.0. The van der Waals surface area contributed by atoms with Gasteiger partial charge in [0.1, 0.15) is 12.1 Å². The van der Waals surface area contributed by atoms with Crippen molar-refractivity contribution in [2.75, 3.05) is 26.2 Å². The van der Waals surface area contributed by atoms with Crippen molar-refractivity contribution in [2.45, 2.75) is 153 Å². The third-order valence-electron chi connectivity index (χ3n) is 12.4. The highest BCUT2D eigenvalue weighted by atomic mass is 32.2. The lowest BCUT2D eigenvalue weighted by Gasteiger charge is -2.42. The fourth-order valence-corrected chi connectivity index (χ4v) is 11.8. The highest BCUT2D eigenvalue weighted by Gasteiger charge is 2.69. The average Bonchev–Trinajstić information content (AvgIpc) is 3.36. The van der Waals surface area contributed by atoms with Crippen LogP contribution in [0.3, 0.4) is 0 Å². The molecule has 50 heavy (non-hydrogen) atoms. The lowest BCUT2D eigenvalue weighted by molar-refractivity contribution is -0.144. The standard InChI is InChI=1S/C36H60N6O7S/c1-5-21-37-32(45)30(43)25-16-12-9-7-8-10-13-17-26(33(46)42-23-24-28(35(24,3)4)29(42)31(44)38-25)39-34(47)40-36(19-14-11-15-20-36)27-18-22-41(6-2)50(27,48)49/h24-29H,5-23H2,1-4H3,(H,37,45)(H,38,44)(H2,39,40,47)/t24-,25-,26-,27-,28-,29-/m0/s1. The lowest BCUT2D eigenvalue weighted by atomic mass is 9.78. The van der Waals surface area contributed by atoms with Crippen LogP contribution in [0.5, 0.6) is 0 Å². The van der Waals surface area contributed by atoms with E-state index in [-0.39, 0.29) is 23.2 Å². The number of ketones is 1. The van der Waals surface area contributed by atoms with Gasteiger partial charge in [0.2, 0.25) is 27.6 Å². The van der Waals surface area contributed by atoms with E-state index in [1.54, 1.807) is 4.90 Å². The molecular weight excluding hydrogens is 660 g/mol. The van der Waals surface area contributed by atoms with Crippen molar-refractivity contribution in [2.24, 2.45) is 17.3 Å². The van der Waals surface area contributed by atoms with E-state index in [9.17, 15) is 32.4 Å². The Morgan fingerprint density at radius 2 is 1.54 bits per heavy atom. The molecule has 0 aromatic rings. The van der Waals surface area contributed by atoms with Crippen molar-refractivity contribution in [3.63, 3.8) is 0 Å². The first-order valence-corrected chi connectivity index (χ1v) is 20.8. The zero-order chi connectivity index (χ0) is 36.3. The molecule has 0 bridgehead atoms. The molecule has 2 aliphatic carbocycles. The molecule has 0 aromatic heterocycles. The fourth-order valence-electron chi connectivity index (χ4n) is 9.43.